The number of carbonyl (C=O) groups is 1. The lowest BCUT2D eigenvalue weighted by atomic mass is 9.89. The number of ether oxygens (including phenoxy) is 1. The Hall–Kier alpha value is -2.43. The zero-order valence-electron chi connectivity index (χ0n) is 17.7. The van der Waals surface area contributed by atoms with Gasteiger partial charge in [-0.2, -0.15) is 0 Å². The summed E-state index contributed by atoms with van der Waals surface area (Å²) < 4.78 is 7.37. The molecule has 0 atom stereocenters. The Morgan fingerprint density at radius 1 is 0.903 bits per heavy atom. The summed E-state index contributed by atoms with van der Waals surface area (Å²) in [7, 11) is 0. The van der Waals surface area contributed by atoms with Crippen LogP contribution in [0.1, 0.15) is 51.0 Å². The molecule has 3 aromatic rings. The SMILES string of the molecule is O=Cc1ccc(CNCCc2cc3c(cc2OCc2ccc(Br)cc2)CCCC3)cc1. The van der Waals surface area contributed by atoms with E-state index in [0.29, 0.717) is 12.2 Å². The summed E-state index contributed by atoms with van der Waals surface area (Å²) in [6.07, 6.45) is 6.67. The highest BCUT2D eigenvalue weighted by molar-refractivity contribution is 9.10. The molecule has 4 rings (SSSR count). The van der Waals surface area contributed by atoms with Crippen LogP contribution < -0.4 is 10.1 Å². The van der Waals surface area contributed by atoms with Gasteiger partial charge in [-0.25, -0.2) is 0 Å². The number of aryl methyl sites for hydroxylation is 2. The van der Waals surface area contributed by atoms with Gasteiger partial charge in [0.15, 0.2) is 0 Å². The van der Waals surface area contributed by atoms with Gasteiger partial charge in [0.2, 0.25) is 0 Å². The van der Waals surface area contributed by atoms with Crippen molar-refractivity contribution in [2.75, 3.05) is 6.54 Å². The maximum atomic E-state index is 10.8. The van der Waals surface area contributed by atoms with Gasteiger partial charge in [0.05, 0.1) is 0 Å². The average molecular weight is 478 g/mol. The van der Waals surface area contributed by atoms with Crippen LogP contribution in [-0.4, -0.2) is 12.8 Å². The standard InChI is InChI=1S/C27H28BrNO2/c28-26-11-9-22(10-12-26)19-31-27-16-24-4-2-1-3-23(24)15-25(27)13-14-29-17-20-5-7-21(18-30)8-6-20/h5-12,15-16,18,29H,1-4,13-14,17,19H2. The molecule has 0 saturated carbocycles. The van der Waals surface area contributed by atoms with Gasteiger partial charge in [0.25, 0.3) is 0 Å². The van der Waals surface area contributed by atoms with Crippen molar-refractivity contribution in [2.24, 2.45) is 0 Å². The molecule has 0 spiro atoms. The van der Waals surface area contributed by atoms with Crippen molar-refractivity contribution >= 4 is 22.2 Å². The quantitative estimate of drug-likeness (QED) is 0.301. The number of benzene rings is 3. The molecule has 3 aromatic carbocycles. The van der Waals surface area contributed by atoms with Gasteiger partial charge in [-0.3, -0.25) is 4.79 Å². The Balaban J connectivity index is 1.40. The van der Waals surface area contributed by atoms with Crippen LogP contribution in [0.2, 0.25) is 0 Å². The Bertz CT molecular complexity index is 1010. The van der Waals surface area contributed by atoms with E-state index in [2.05, 4.69) is 57.6 Å². The lowest BCUT2D eigenvalue weighted by Gasteiger charge is -2.20. The van der Waals surface area contributed by atoms with E-state index in [1.54, 1.807) is 0 Å². The van der Waals surface area contributed by atoms with Crippen LogP contribution in [-0.2, 0) is 32.4 Å². The minimum atomic E-state index is 0.579. The number of halogens is 1. The Labute approximate surface area is 193 Å². The smallest absolute Gasteiger partial charge is 0.150 e. The summed E-state index contributed by atoms with van der Waals surface area (Å²) >= 11 is 3.49. The third kappa shape index (κ3) is 6.05. The lowest BCUT2D eigenvalue weighted by molar-refractivity contribution is 0.112. The number of rotatable bonds is 9. The Kier molecular flexibility index (Phi) is 7.55. The van der Waals surface area contributed by atoms with Crippen molar-refractivity contribution in [3.63, 3.8) is 0 Å². The zero-order chi connectivity index (χ0) is 21.5. The van der Waals surface area contributed by atoms with E-state index < -0.39 is 0 Å². The molecule has 0 radical (unpaired) electrons. The van der Waals surface area contributed by atoms with Gasteiger partial charge < -0.3 is 10.1 Å². The van der Waals surface area contributed by atoms with E-state index in [4.69, 9.17) is 4.74 Å². The summed E-state index contributed by atoms with van der Waals surface area (Å²) in [6.45, 7) is 2.25. The highest BCUT2D eigenvalue weighted by Crippen LogP contribution is 2.30. The molecule has 0 heterocycles. The lowest BCUT2D eigenvalue weighted by Crippen LogP contribution is -2.17. The number of aldehydes is 1. The Morgan fingerprint density at radius 2 is 1.58 bits per heavy atom. The number of hydrogen-bond donors (Lipinski definition) is 1. The molecule has 1 aliphatic rings. The zero-order valence-corrected chi connectivity index (χ0v) is 19.3. The van der Waals surface area contributed by atoms with Crippen molar-refractivity contribution in [3.8, 4) is 5.75 Å². The highest BCUT2D eigenvalue weighted by atomic mass is 79.9. The van der Waals surface area contributed by atoms with E-state index in [9.17, 15) is 4.79 Å². The third-order valence-electron chi connectivity index (χ3n) is 5.85. The number of hydrogen-bond acceptors (Lipinski definition) is 3. The number of fused-ring (bicyclic) bond motifs is 1. The van der Waals surface area contributed by atoms with Crippen LogP contribution in [0.4, 0.5) is 0 Å². The van der Waals surface area contributed by atoms with E-state index >= 15 is 0 Å². The first-order valence-electron chi connectivity index (χ1n) is 11.0. The molecule has 3 nitrogen and oxygen atoms in total. The normalized spacial score (nSPS) is 12.9. The summed E-state index contributed by atoms with van der Waals surface area (Å²) in [5, 5.41) is 3.53. The van der Waals surface area contributed by atoms with Crippen molar-refractivity contribution in [1.82, 2.24) is 5.32 Å². The van der Waals surface area contributed by atoms with Crippen LogP contribution in [0.5, 0.6) is 5.75 Å². The van der Waals surface area contributed by atoms with E-state index in [0.717, 1.165) is 42.4 Å². The van der Waals surface area contributed by atoms with Gasteiger partial charge in [0.1, 0.15) is 18.6 Å². The summed E-state index contributed by atoms with van der Waals surface area (Å²) in [4.78, 5) is 10.8. The van der Waals surface area contributed by atoms with Crippen molar-refractivity contribution in [2.45, 2.75) is 45.3 Å². The fourth-order valence-electron chi connectivity index (χ4n) is 4.06. The predicted molar refractivity (Wildman–Crippen MR) is 129 cm³/mol. The topological polar surface area (TPSA) is 38.3 Å². The fraction of sp³-hybridized carbons (Fsp3) is 0.296. The molecular formula is C27H28BrNO2. The highest BCUT2D eigenvalue weighted by Gasteiger charge is 2.14. The van der Waals surface area contributed by atoms with Gasteiger partial charge in [0, 0.05) is 16.6 Å². The van der Waals surface area contributed by atoms with Gasteiger partial charge in [-0.1, -0.05) is 58.4 Å². The number of nitrogens with one attached hydrogen (secondary N) is 1. The third-order valence-corrected chi connectivity index (χ3v) is 6.38. The van der Waals surface area contributed by atoms with Crippen LogP contribution >= 0.6 is 15.9 Å². The minimum absolute atomic E-state index is 0.579. The van der Waals surface area contributed by atoms with Crippen molar-refractivity contribution in [3.05, 3.63) is 98.5 Å². The molecule has 0 unspecified atom stereocenters. The average Bonchev–Trinajstić information content (AvgIpc) is 2.81. The van der Waals surface area contributed by atoms with E-state index in [1.165, 1.54) is 47.1 Å². The molecule has 4 heteroatoms. The fourth-order valence-corrected chi connectivity index (χ4v) is 4.32. The monoisotopic (exact) mass is 477 g/mol. The largest absolute Gasteiger partial charge is 0.489 e. The van der Waals surface area contributed by atoms with Crippen LogP contribution in [0, 0.1) is 0 Å². The molecule has 0 amide bonds. The van der Waals surface area contributed by atoms with Crippen LogP contribution in [0.3, 0.4) is 0 Å². The number of carbonyl (C=O) groups excluding carboxylic acids is 1. The molecule has 31 heavy (non-hydrogen) atoms. The van der Waals surface area contributed by atoms with Crippen molar-refractivity contribution < 1.29 is 9.53 Å². The molecule has 0 saturated heterocycles. The molecule has 0 fully saturated rings. The van der Waals surface area contributed by atoms with E-state index in [-0.39, 0.29) is 0 Å². The van der Waals surface area contributed by atoms with E-state index in [1.807, 2.05) is 24.3 Å². The summed E-state index contributed by atoms with van der Waals surface area (Å²) in [5.41, 5.74) is 7.28. The summed E-state index contributed by atoms with van der Waals surface area (Å²) in [5.74, 6) is 1.01. The van der Waals surface area contributed by atoms with Gasteiger partial charge >= 0.3 is 0 Å². The Morgan fingerprint density at radius 3 is 2.29 bits per heavy atom. The second kappa shape index (κ2) is 10.7. The van der Waals surface area contributed by atoms with Crippen LogP contribution in [0.15, 0.2) is 65.1 Å². The molecular weight excluding hydrogens is 450 g/mol. The van der Waals surface area contributed by atoms with Gasteiger partial charge in [-0.15, -0.1) is 0 Å². The van der Waals surface area contributed by atoms with Gasteiger partial charge in [-0.05, 0) is 84.7 Å². The first kappa shape index (κ1) is 21.8. The first-order valence-corrected chi connectivity index (χ1v) is 11.8. The summed E-state index contributed by atoms with van der Waals surface area (Å²) in [6, 6.07) is 20.7. The minimum Gasteiger partial charge on any atom is -0.489 e. The second-order valence-corrected chi connectivity index (χ2v) is 9.05. The molecule has 0 aromatic heterocycles. The maximum absolute atomic E-state index is 10.8. The molecule has 1 aliphatic carbocycles. The second-order valence-electron chi connectivity index (χ2n) is 8.14. The van der Waals surface area contributed by atoms with Crippen molar-refractivity contribution in [1.29, 1.82) is 0 Å². The maximum Gasteiger partial charge on any atom is 0.150 e. The molecule has 0 bridgehead atoms. The first-order chi connectivity index (χ1) is 15.2. The predicted octanol–water partition coefficient (Wildman–Crippen LogP) is 6.05. The van der Waals surface area contributed by atoms with Crippen LogP contribution in [0.25, 0.3) is 0 Å². The molecule has 160 valence electrons. The molecule has 0 aliphatic heterocycles. The molecule has 1 N–H and O–H groups in total.